The summed E-state index contributed by atoms with van der Waals surface area (Å²) in [6, 6.07) is 78.4. The first-order valence-electron chi connectivity index (χ1n) is 21.8. The van der Waals surface area contributed by atoms with E-state index in [1.54, 1.807) is 0 Å². The smallest absolute Gasteiger partial charge is 0.0541 e. The van der Waals surface area contributed by atoms with Crippen LogP contribution in [0.25, 0.3) is 104 Å². The van der Waals surface area contributed by atoms with Crippen molar-refractivity contribution in [1.29, 1.82) is 0 Å². The summed E-state index contributed by atoms with van der Waals surface area (Å²) in [7, 11) is 0. The largest absolute Gasteiger partial charge is 0.310 e. The highest BCUT2D eigenvalue weighted by molar-refractivity contribution is 7.25. The molecule has 63 heavy (non-hydrogen) atoms. The monoisotopic (exact) mass is 820 g/mol. The van der Waals surface area contributed by atoms with Crippen LogP contribution < -0.4 is 0 Å². The summed E-state index contributed by atoms with van der Waals surface area (Å²) in [4.78, 5) is 0. The van der Waals surface area contributed by atoms with Crippen LogP contribution in [-0.2, 0) is 6.42 Å². The Kier molecular flexibility index (Phi) is 8.25. The second-order valence-electron chi connectivity index (χ2n) is 16.9. The van der Waals surface area contributed by atoms with E-state index < -0.39 is 0 Å². The van der Waals surface area contributed by atoms with Crippen LogP contribution in [0.1, 0.15) is 22.7 Å². The Labute approximate surface area is 369 Å². The molecular weight excluding hydrogens is 781 g/mol. The quantitative estimate of drug-likeness (QED) is 0.158. The lowest BCUT2D eigenvalue weighted by atomic mass is 9.86. The average molecular weight is 821 g/mol. The molecule has 12 aromatic rings. The zero-order chi connectivity index (χ0) is 41.4. The fourth-order valence-corrected chi connectivity index (χ4v) is 11.3. The normalized spacial score (nSPS) is 13.7. The van der Waals surface area contributed by atoms with Crippen molar-refractivity contribution in [3.63, 3.8) is 0 Å². The van der Waals surface area contributed by atoms with Crippen LogP contribution in [0.5, 0.6) is 0 Å². The molecule has 0 radical (unpaired) electrons. The van der Waals surface area contributed by atoms with Crippen molar-refractivity contribution in [1.82, 2.24) is 9.13 Å². The van der Waals surface area contributed by atoms with Gasteiger partial charge in [0.2, 0.25) is 0 Å². The molecule has 13 rings (SSSR count). The Morgan fingerprint density at radius 2 is 0.889 bits per heavy atom. The minimum Gasteiger partial charge on any atom is -0.310 e. The van der Waals surface area contributed by atoms with E-state index in [4.69, 9.17) is 0 Å². The lowest BCUT2D eigenvalue weighted by Gasteiger charge is -2.19. The van der Waals surface area contributed by atoms with Crippen molar-refractivity contribution in [2.75, 3.05) is 0 Å². The zero-order valence-electron chi connectivity index (χ0n) is 34.4. The maximum Gasteiger partial charge on any atom is 0.0541 e. The predicted molar refractivity (Wildman–Crippen MR) is 269 cm³/mol. The van der Waals surface area contributed by atoms with Crippen LogP contribution in [0, 0.1) is 0 Å². The molecule has 3 heterocycles. The summed E-state index contributed by atoms with van der Waals surface area (Å²) in [6.07, 6.45) is 5.71. The number of aromatic nitrogens is 2. The number of para-hydroxylation sites is 1. The Morgan fingerprint density at radius 1 is 0.365 bits per heavy atom. The molecule has 2 nitrogen and oxygen atoms in total. The molecule has 1 unspecified atom stereocenters. The second kappa shape index (κ2) is 14.4. The molecule has 3 heteroatoms. The number of allylic oxidation sites excluding steroid dienone is 1. The Hall–Kier alpha value is -7.72. The lowest BCUT2D eigenvalue weighted by Crippen LogP contribution is -2.07. The summed E-state index contributed by atoms with van der Waals surface area (Å²) in [5.74, 6) is 0.329. The third-order valence-corrected chi connectivity index (χ3v) is 14.4. The van der Waals surface area contributed by atoms with Gasteiger partial charge in [0.15, 0.2) is 0 Å². The molecule has 0 saturated carbocycles. The summed E-state index contributed by atoms with van der Waals surface area (Å²) in [5, 5.41) is 6.45. The van der Waals surface area contributed by atoms with Crippen LogP contribution in [0.15, 0.2) is 218 Å². The van der Waals surface area contributed by atoms with Crippen molar-refractivity contribution < 1.29 is 0 Å². The summed E-state index contributed by atoms with van der Waals surface area (Å²) in [5.41, 5.74) is 17.3. The SMILES string of the molecule is C1=CC(c2ccccc2)Cc2c1n(-c1ccccc1)c1ccc(-c3ccc4c(c3)c3cc(-c5ccccc5)ccc3n4-c3cccc(-c4ccc5sc6ccccc6c5c4)c3)cc21. The van der Waals surface area contributed by atoms with Crippen molar-refractivity contribution in [2.45, 2.75) is 12.3 Å². The average Bonchev–Trinajstić information content (AvgIpc) is 4.01. The fourth-order valence-electron chi connectivity index (χ4n) is 10.2. The van der Waals surface area contributed by atoms with E-state index in [0.29, 0.717) is 5.92 Å². The van der Waals surface area contributed by atoms with Gasteiger partial charge in [-0.25, -0.2) is 0 Å². The number of rotatable bonds is 6. The Balaban J connectivity index is 0.977. The highest BCUT2D eigenvalue weighted by atomic mass is 32.1. The molecule has 0 amide bonds. The van der Waals surface area contributed by atoms with Crippen molar-refractivity contribution in [3.05, 3.63) is 235 Å². The Morgan fingerprint density at radius 3 is 1.62 bits per heavy atom. The first kappa shape index (κ1) is 36.0. The molecule has 0 N–H and O–H groups in total. The molecule has 0 spiro atoms. The summed E-state index contributed by atoms with van der Waals surface area (Å²) < 4.78 is 7.56. The third kappa shape index (κ3) is 5.92. The molecule has 0 aliphatic heterocycles. The maximum absolute atomic E-state index is 2.46. The molecule has 296 valence electrons. The number of hydrogen-bond acceptors (Lipinski definition) is 1. The van der Waals surface area contributed by atoms with Crippen LogP contribution >= 0.6 is 11.3 Å². The van der Waals surface area contributed by atoms with E-state index in [0.717, 1.165) is 12.1 Å². The van der Waals surface area contributed by atoms with Gasteiger partial charge in [0.05, 0.1) is 16.6 Å². The summed E-state index contributed by atoms with van der Waals surface area (Å²) >= 11 is 1.87. The third-order valence-electron chi connectivity index (χ3n) is 13.3. The number of hydrogen-bond donors (Lipinski definition) is 0. The Bertz CT molecular complexity index is 3750. The van der Waals surface area contributed by atoms with Crippen LogP contribution in [0.4, 0.5) is 0 Å². The minimum absolute atomic E-state index is 0.329. The molecule has 0 saturated heterocycles. The highest BCUT2D eigenvalue weighted by Gasteiger charge is 2.24. The van der Waals surface area contributed by atoms with Gasteiger partial charge < -0.3 is 9.13 Å². The van der Waals surface area contributed by atoms with Gasteiger partial charge in [0.1, 0.15) is 0 Å². The lowest BCUT2D eigenvalue weighted by molar-refractivity contribution is 0.825. The van der Waals surface area contributed by atoms with Crippen molar-refractivity contribution >= 4 is 70.3 Å². The van der Waals surface area contributed by atoms with E-state index in [1.807, 2.05) is 11.3 Å². The zero-order valence-corrected chi connectivity index (χ0v) is 35.3. The number of fused-ring (bicyclic) bond motifs is 9. The van der Waals surface area contributed by atoms with Gasteiger partial charge in [-0.2, -0.15) is 0 Å². The standard InChI is InChI=1S/C60H40N2S/c1-4-13-39(14-5-1)42-23-28-55-50(34-42)52-36-44(25-30-56(52)61(55)47-18-8-3-9-19-47)45-26-31-58-53(37-45)51-35-43(40-15-6-2-7-16-40)24-29-57(51)62(58)48-20-12-17-41(33-48)46-27-32-60-54(38-46)49-21-10-11-22-59(49)63-60/h1-33,35-38,42H,34H2. The van der Waals surface area contributed by atoms with Gasteiger partial charge in [0, 0.05) is 59.3 Å². The van der Waals surface area contributed by atoms with Gasteiger partial charge in [-0.15, -0.1) is 11.3 Å². The van der Waals surface area contributed by atoms with Gasteiger partial charge in [0.25, 0.3) is 0 Å². The molecule has 0 fully saturated rings. The fraction of sp³-hybridized carbons (Fsp3) is 0.0333. The van der Waals surface area contributed by atoms with Gasteiger partial charge in [-0.1, -0.05) is 140 Å². The molecule has 1 atom stereocenters. The molecular formula is C60H40N2S. The maximum atomic E-state index is 2.46. The topological polar surface area (TPSA) is 9.86 Å². The minimum atomic E-state index is 0.329. The first-order valence-corrected chi connectivity index (χ1v) is 22.7. The van der Waals surface area contributed by atoms with E-state index >= 15 is 0 Å². The first-order chi connectivity index (χ1) is 31.2. The molecule has 1 aliphatic rings. The number of nitrogens with zero attached hydrogens (tertiary/aromatic N) is 2. The predicted octanol–water partition coefficient (Wildman–Crippen LogP) is 16.4. The molecule has 9 aromatic carbocycles. The van der Waals surface area contributed by atoms with Crippen LogP contribution in [-0.4, -0.2) is 9.13 Å². The van der Waals surface area contributed by atoms with E-state index in [9.17, 15) is 0 Å². The molecule has 1 aliphatic carbocycles. The number of benzene rings is 9. The van der Waals surface area contributed by atoms with Crippen LogP contribution in [0.2, 0.25) is 0 Å². The van der Waals surface area contributed by atoms with Crippen molar-refractivity contribution in [3.8, 4) is 44.8 Å². The molecule has 0 bridgehead atoms. The summed E-state index contributed by atoms with van der Waals surface area (Å²) in [6.45, 7) is 0. The van der Waals surface area contributed by atoms with Crippen molar-refractivity contribution in [2.24, 2.45) is 0 Å². The molecule has 3 aromatic heterocycles. The highest BCUT2D eigenvalue weighted by Crippen LogP contribution is 2.43. The number of thiophene rings is 1. The van der Waals surface area contributed by atoms with E-state index in [2.05, 4.69) is 234 Å². The van der Waals surface area contributed by atoms with Gasteiger partial charge in [-0.3, -0.25) is 0 Å². The van der Waals surface area contributed by atoms with E-state index in [1.165, 1.54) is 109 Å². The van der Waals surface area contributed by atoms with Gasteiger partial charge in [-0.05, 0) is 136 Å². The van der Waals surface area contributed by atoms with Crippen LogP contribution in [0.3, 0.4) is 0 Å². The second-order valence-corrected chi connectivity index (χ2v) is 18.0. The van der Waals surface area contributed by atoms with E-state index in [-0.39, 0.29) is 0 Å². The van der Waals surface area contributed by atoms with Gasteiger partial charge >= 0.3 is 0 Å².